The second-order valence-corrected chi connectivity index (χ2v) is 7.11. The predicted octanol–water partition coefficient (Wildman–Crippen LogP) is 3.01. The Hall–Kier alpha value is -0.380. The molecule has 0 aromatic carbocycles. The van der Waals surface area contributed by atoms with Crippen LogP contribution in [-0.2, 0) is 17.6 Å². The fourth-order valence-electron chi connectivity index (χ4n) is 2.72. The largest absolute Gasteiger partial charge is 0.381 e. The first-order chi connectivity index (χ1) is 8.80. The van der Waals surface area contributed by atoms with Gasteiger partial charge in [0.25, 0.3) is 0 Å². The van der Waals surface area contributed by atoms with E-state index in [0.29, 0.717) is 5.41 Å². The third-order valence-electron chi connectivity index (χ3n) is 4.14. The molecule has 0 amide bonds. The molecule has 2 aliphatic rings. The summed E-state index contributed by atoms with van der Waals surface area (Å²) < 4.78 is 5.68. The first kappa shape index (κ1) is 12.6. The van der Waals surface area contributed by atoms with Crippen LogP contribution in [0, 0.1) is 5.41 Å². The van der Waals surface area contributed by atoms with Crippen molar-refractivity contribution < 1.29 is 4.74 Å². The summed E-state index contributed by atoms with van der Waals surface area (Å²) >= 11 is 1.98. The molecule has 1 aliphatic carbocycles. The lowest BCUT2D eigenvalue weighted by atomic mass is 9.83. The standard InChI is InChI=1S/C15H23NOS/c1-2-13-5-6-14(18-13)9-15(7-8-17-11-15)10-16-12-3-4-12/h5-6,12,16H,2-4,7-11H2,1H3. The van der Waals surface area contributed by atoms with Crippen molar-refractivity contribution in [3.05, 3.63) is 21.9 Å². The zero-order valence-electron chi connectivity index (χ0n) is 11.2. The van der Waals surface area contributed by atoms with Gasteiger partial charge in [-0.2, -0.15) is 0 Å². The van der Waals surface area contributed by atoms with E-state index in [1.807, 2.05) is 11.3 Å². The fraction of sp³-hybridized carbons (Fsp3) is 0.733. The summed E-state index contributed by atoms with van der Waals surface area (Å²) in [6.45, 7) is 5.25. The van der Waals surface area contributed by atoms with Gasteiger partial charge in [0.2, 0.25) is 0 Å². The second kappa shape index (κ2) is 5.32. The second-order valence-electron chi connectivity index (χ2n) is 5.86. The molecule has 1 saturated carbocycles. The normalized spacial score (nSPS) is 27.8. The van der Waals surface area contributed by atoms with Gasteiger partial charge < -0.3 is 10.1 Å². The van der Waals surface area contributed by atoms with Gasteiger partial charge in [0.1, 0.15) is 0 Å². The van der Waals surface area contributed by atoms with Crippen LogP contribution in [-0.4, -0.2) is 25.8 Å². The average Bonchev–Trinajstić information content (AvgIpc) is 2.93. The van der Waals surface area contributed by atoms with Crippen molar-refractivity contribution in [2.75, 3.05) is 19.8 Å². The van der Waals surface area contributed by atoms with E-state index in [-0.39, 0.29) is 0 Å². The Kier molecular flexibility index (Phi) is 3.73. The molecule has 2 nitrogen and oxygen atoms in total. The molecule has 3 heteroatoms. The summed E-state index contributed by atoms with van der Waals surface area (Å²) in [5.41, 5.74) is 0.360. The number of aryl methyl sites for hydroxylation is 1. The third-order valence-corrected chi connectivity index (χ3v) is 5.37. The van der Waals surface area contributed by atoms with Crippen molar-refractivity contribution in [3.63, 3.8) is 0 Å². The molecule has 1 aromatic heterocycles. The Morgan fingerprint density at radius 3 is 2.83 bits per heavy atom. The average molecular weight is 265 g/mol. The maximum Gasteiger partial charge on any atom is 0.0538 e. The predicted molar refractivity (Wildman–Crippen MR) is 76.3 cm³/mol. The van der Waals surface area contributed by atoms with Gasteiger partial charge in [-0.1, -0.05) is 6.92 Å². The highest BCUT2D eigenvalue weighted by Gasteiger charge is 2.36. The van der Waals surface area contributed by atoms with Crippen LogP contribution >= 0.6 is 11.3 Å². The molecule has 1 N–H and O–H groups in total. The summed E-state index contributed by atoms with van der Waals surface area (Å²) in [6, 6.07) is 5.41. The topological polar surface area (TPSA) is 21.3 Å². The van der Waals surface area contributed by atoms with Crippen LogP contribution in [0.1, 0.15) is 35.9 Å². The van der Waals surface area contributed by atoms with E-state index in [2.05, 4.69) is 24.4 Å². The van der Waals surface area contributed by atoms with E-state index < -0.39 is 0 Å². The van der Waals surface area contributed by atoms with E-state index in [1.165, 1.54) is 35.4 Å². The molecule has 0 bridgehead atoms. The minimum atomic E-state index is 0.360. The van der Waals surface area contributed by atoms with Crippen LogP contribution in [0.2, 0.25) is 0 Å². The molecule has 0 spiro atoms. The Bertz CT molecular complexity index is 391. The molecular weight excluding hydrogens is 242 g/mol. The van der Waals surface area contributed by atoms with Crippen LogP contribution in [0.25, 0.3) is 0 Å². The molecule has 3 rings (SSSR count). The van der Waals surface area contributed by atoms with Gasteiger partial charge in [-0.05, 0) is 44.2 Å². The summed E-state index contributed by atoms with van der Waals surface area (Å²) in [6.07, 6.45) is 6.31. The maximum atomic E-state index is 5.68. The molecule has 0 radical (unpaired) electrons. The molecule has 2 heterocycles. The van der Waals surface area contributed by atoms with Gasteiger partial charge in [-0.3, -0.25) is 0 Å². The van der Waals surface area contributed by atoms with Crippen LogP contribution in [0.4, 0.5) is 0 Å². The minimum absolute atomic E-state index is 0.360. The fourth-order valence-corrected chi connectivity index (χ4v) is 3.85. The van der Waals surface area contributed by atoms with Gasteiger partial charge >= 0.3 is 0 Å². The monoisotopic (exact) mass is 265 g/mol. The molecule has 1 aliphatic heterocycles. The Labute approximate surface area is 114 Å². The molecule has 100 valence electrons. The van der Waals surface area contributed by atoms with Crippen molar-refractivity contribution in [2.24, 2.45) is 5.41 Å². The van der Waals surface area contributed by atoms with Gasteiger partial charge in [0.05, 0.1) is 6.61 Å². The molecular formula is C15H23NOS. The lowest BCUT2D eigenvalue weighted by Crippen LogP contribution is -2.37. The molecule has 1 unspecified atom stereocenters. The van der Waals surface area contributed by atoms with Gasteiger partial charge in [0, 0.05) is 34.4 Å². The minimum Gasteiger partial charge on any atom is -0.381 e. The van der Waals surface area contributed by atoms with Gasteiger partial charge in [-0.15, -0.1) is 11.3 Å². The van der Waals surface area contributed by atoms with Crippen LogP contribution in [0.3, 0.4) is 0 Å². The lowest BCUT2D eigenvalue weighted by molar-refractivity contribution is 0.149. The highest BCUT2D eigenvalue weighted by molar-refractivity contribution is 7.11. The number of nitrogens with one attached hydrogen (secondary N) is 1. The Morgan fingerprint density at radius 1 is 1.39 bits per heavy atom. The van der Waals surface area contributed by atoms with Crippen molar-refractivity contribution in [2.45, 2.75) is 45.1 Å². The zero-order chi connectivity index (χ0) is 12.4. The molecule has 1 aromatic rings. The SMILES string of the molecule is CCc1ccc(CC2(CNC3CC3)CCOC2)s1. The molecule has 1 saturated heterocycles. The summed E-state index contributed by atoms with van der Waals surface area (Å²) in [4.78, 5) is 3.05. The van der Waals surface area contributed by atoms with Crippen LogP contribution in [0.5, 0.6) is 0 Å². The first-order valence-corrected chi connectivity index (χ1v) is 8.00. The highest BCUT2D eigenvalue weighted by atomic mass is 32.1. The van der Waals surface area contributed by atoms with E-state index >= 15 is 0 Å². The Morgan fingerprint density at radius 2 is 2.22 bits per heavy atom. The van der Waals surface area contributed by atoms with E-state index in [4.69, 9.17) is 4.74 Å². The van der Waals surface area contributed by atoms with Crippen molar-refractivity contribution in [1.29, 1.82) is 0 Å². The quantitative estimate of drug-likeness (QED) is 0.853. The van der Waals surface area contributed by atoms with Crippen LogP contribution in [0.15, 0.2) is 12.1 Å². The highest BCUT2D eigenvalue weighted by Crippen LogP contribution is 2.35. The number of rotatable bonds is 6. The molecule has 2 fully saturated rings. The number of thiophene rings is 1. The number of hydrogen-bond donors (Lipinski definition) is 1. The smallest absolute Gasteiger partial charge is 0.0538 e. The van der Waals surface area contributed by atoms with Crippen molar-refractivity contribution in [1.82, 2.24) is 5.32 Å². The maximum absolute atomic E-state index is 5.68. The summed E-state index contributed by atoms with van der Waals surface area (Å²) in [7, 11) is 0. The third kappa shape index (κ3) is 2.95. The van der Waals surface area contributed by atoms with Crippen molar-refractivity contribution in [3.8, 4) is 0 Å². The summed E-state index contributed by atoms with van der Waals surface area (Å²) in [5.74, 6) is 0. The van der Waals surface area contributed by atoms with Gasteiger partial charge in [0.15, 0.2) is 0 Å². The number of ether oxygens (including phenoxy) is 1. The summed E-state index contributed by atoms with van der Waals surface area (Å²) in [5, 5.41) is 3.71. The van der Waals surface area contributed by atoms with Crippen LogP contribution < -0.4 is 5.32 Å². The van der Waals surface area contributed by atoms with Gasteiger partial charge in [-0.25, -0.2) is 0 Å². The Balaban J connectivity index is 1.64. The lowest BCUT2D eigenvalue weighted by Gasteiger charge is -2.27. The van der Waals surface area contributed by atoms with E-state index in [1.54, 1.807) is 0 Å². The van der Waals surface area contributed by atoms with E-state index in [9.17, 15) is 0 Å². The number of hydrogen-bond acceptors (Lipinski definition) is 3. The first-order valence-electron chi connectivity index (χ1n) is 7.18. The van der Waals surface area contributed by atoms with E-state index in [0.717, 1.165) is 32.2 Å². The van der Waals surface area contributed by atoms with Crippen molar-refractivity contribution >= 4 is 11.3 Å². The molecule has 1 atom stereocenters. The zero-order valence-corrected chi connectivity index (χ0v) is 12.0. The molecule has 18 heavy (non-hydrogen) atoms.